The Labute approximate surface area is 65.7 Å². The molecular formula is C7H7NO3. The highest BCUT2D eigenvalue weighted by Crippen LogP contribution is 2.22. The molecule has 1 aromatic rings. The van der Waals surface area contributed by atoms with E-state index in [-0.39, 0.29) is 12.1 Å². The van der Waals surface area contributed by atoms with Gasteiger partial charge in [0.1, 0.15) is 5.75 Å². The average Bonchev–Trinajstić information content (AvgIpc) is 1.99. The minimum Gasteiger partial charge on any atom is -0.506 e. The first kappa shape index (κ1) is 5.01. The maximum atomic E-state index is 10.5. The molecule has 0 aliphatic heterocycles. The first-order valence-electron chi connectivity index (χ1n) is 3.77. The molecule has 0 aliphatic rings. The predicted molar refractivity (Wildman–Crippen MR) is 39.5 cm³/mol. The van der Waals surface area contributed by atoms with Gasteiger partial charge in [0, 0.05) is 0 Å². The number of nitrogens with two attached hydrogens (primary N) is 1. The van der Waals surface area contributed by atoms with E-state index in [4.69, 9.17) is 18.7 Å². The van der Waals surface area contributed by atoms with Crippen molar-refractivity contribution in [3.63, 3.8) is 0 Å². The van der Waals surface area contributed by atoms with Crippen molar-refractivity contribution >= 4 is 11.7 Å². The molecule has 0 bridgehead atoms. The number of para-hydroxylation sites is 1. The summed E-state index contributed by atoms with van der Waals surface area (Å²) in [6, 6.07) is 0.190. The van der Waals surface area contributed by atoms with E-state index in [0.717, 1.165) is 6.07 Å². The zero-order valence-corrected chi connectivity index (χ0v) is 5.46. The molecule has 0 fully saturated rings. The van der Waals surface area contributed by atoms with E-state index in [1.807, 2.05) is 0 Å². The molecule has 1 rings (SSSR count). The lowest BCUT2D eigenvalue weighted by Gasteiger charge is -2.00. The minimum absolute atomic E-state index is 0.354. The van der Waals surface area contributed by atoms with E-state index in [2.05, 4.69) is 0 Å². The summed E-state index contributed by atoms with van der Waals surface area (Å²) in [7, 11) is 0. The van der Waals surface area contributed by atoms with Gasteiger partial charge in [-0.05, 0) is 12.1 Å². The Morgan fingerprint density at radius 2 is 2.27 bits per heavy atom. The zero-order chi connectivity index (χ0) is 10.2. The molecular weight excluding hydrogens is 146 g/mol. The van der Waals surface area contributed by atoms with Gasteiger partial charge in [-0.2, -0.15) is 0 Å². The Balaban J connectivity index is 3.53. The number of hydrogen-bond donors (Lipinski definition) is 3. The van der Waals surface area contributed by atoms with Crippen molar-refractivity contribution in [3.05, 3.63) is 23.7 Å². The van der Waals surface area contributed by atoms with E-state index in [1.54, 1.807) is 0 Å². The first-order chi connectivity index (χ1) is 5.95. The number of carboxylic acid groups (broad SMARTS) is 1. The number of rotatable bonds is 1. The molecule has 0 amide bonds. The monoisotopic (exact) mass is 155 g/mol. The van der Waals surface area contributed by atoms with Crippen LogP contribution in [0.5, 0.6) is 5.75 Å². The average molecular weight is 155 g/mol. The highest BCUT2D eigenvalue weighted by atomic mass is 16.4. The lowest BCUT2D eigenvalue weighted by molar-refractivity contribution is 0.0697. The third kappa shape index (κ3) is 1.24. The molecule has 0 atom stereocenters. The molecule has 0 unspecified atom stereocenters. The van der Waals surface area contributed by atoms with Gasteiger partial charge in [0.05, 0.1) is 14.0 Å². The normalized spacial score (nSPS) is 12.0. The molecule has 0 aliphatic carbocycles. The van der Waals surface area contributed by atoms with Crippen molar-refractivity contribution in [1.29, 1.82) is 0 Å². The summed E-state index contributed by atoms with van der Waals surface area (Å²) in [5.41, 5.74) is 4.30. The van der Waals surface area contributed by atoms with E-state index < -0.39 is 23.0 Å². The van der Waals surface area contributed by atoms with Crippen molar-refractivity contribution < 1.29 is 17.7 Å². The number of aromatic carboxylic acids is 1. The summed E-state index contributed by atoms with van der Waals surface area (Å²) < 4.78 is 14.3. The van der Waals surface area contributed by atoms with E-state index >= 15 is 0 Å². The van der Waals surface area contributed by atoms with Crippen molar-refractivity contribution in [1.82, 2.24) is 0 Å². The van der Waals surface area contributed by atoms with Crippen LogP contribution in [-0.4, -0.2) is 16.2 Å². The van der Waals surface area contributed by atoms with Crippen LogP contribution in [0.25, 0.3) is 0 Å². The largest absolute Gasteiger partial charge is 0.506 e. The highest BCUT2D eigenvalue weighted by molar-refractivity contribution is 5.95. The van der Waals surface area contributed by atoms with Crippen molar-refractivity contribution in [3.8, 4) is 5.75 Å². The number of carboxylic acids is 1. The van der Waals surface area contributed by atoms with Gasteiger partial charge in [0.15, 0.2) is 0 Å². The van der Waals surface area contributed by atoms with Gasteiger partial charge in [-0.25, -0.2) is 4.79 Å². The van der Waals surface area contributed by atoms with E-state index in [9.17, 15) is 4.79 Å². The standard InChI is InChI=1S/C7H7NO3/c8-6-4(7(10)11)2-1-3-5(6)9/h1-3,9H,8H2,(H,10,11)/i2D,3D. The Hall–Kier alpha value is -1.71. The number of nitrogen functional groups attached to an aromatic ring is 1. The van der Waals surface area contributed by atoms with Crippen LogP contribution >= 0.6 is 0 Å². The number of aromatic hydroxyl groups is 1. The summed E-state index contributed by atoms with van der Waals surface area (Å²) in [4.78, 5) is 10.5. The van der Waals surface area contributed by atoms with Crippen LogP contribution in [0.2, 0.25) is 0 Å². The van der Waals surface area contributed by atoms with Crippen molar-refractivity contribution in [2.24, 2.45) is 0 Å². The highest BCUT2D eigenvalue weighted by Gasteiger charge is 2.09. The van der Waals surface area contributed by atoms with Gasteiger partial charge in [0.25, 0.3) is 0 Å². The second-order valence-electron chi connectivity index (χ2n) is 1.88. The summed E-state index contributed by atoms with van der Waals surface area (Å²) in [5, 5.41) is 17.7. The Morgan fingerprint density at radius 3 is 2.82 bits per heavy atom. The summed E-state index contributed by atoms with van der Waals surface area (Å²) in [5.74, 6) is -1.99. The van der Waals surface area contributed by atoms with Crippen molar-refractivity contribution in [2.75, 3.05) is 5.73 Å². The van der Waals surface area contributed by atoms with Crippen LogP contribution in [0.15, 0.2) is 18.2 Å². The van der Waals surface area contributed by atoms with Crippen LogP contribution in [0.1, 0.15) is 13.1 Å². The second-order valence-corrected chi connectivity index (χ2v) is 1.88. The quantitative estimate of drug-likeness (QED) is 0.411. The summed E-state index contributed by atoms with van der Waals surface area (Å²) >= 11 is 0. The fourth-order valence-electron chi connectivity index (χ4n) is 0.627. The number of benzene rings is 1. The van der Waals surface area contributed by atoms with Crippen LogP contribution in [0.3, 0.4) is 0 Å². The smallest absolute Gasteiger partial charge is 0.337 e. The number of anilines is 1. The molecule has 1 aromatic carbocycles. The molecule has 0 aromatic heterocycles. The van der Waals surface area contributed by atoms with Crippen LogP contribution in [0.4, 0.5) is 5.69 Å². The van der Waals surface area contributed by atoms with E-state index in [1.165, 1.54) is 0 Å². The Bertz CT molecular complexity index is 378. The van der Waals surface area contributed by atoms with Gasteiger partial charge in [-0.3, -0.25) is 0 Å². The molecule has 11 heavy (non-hydrogen) atoms. The molecule has 4 heteroatoms. The van der Waals surface area contributed by atoms with Gasteiger partial charge >= 0.3 is 5.97 Å². The predicted octanol–water partition coefficient (Wildman–Crippen LogP) is 0.673. The SMILES string of the molecule is [2H]c1cc([2H])c(C(=O)O)c(N)c1O. The minimum atomic E-state index is -1.39. The topological polar surface area (TPSA) is 83.5 Å². The number of carbonyl (C=O) groups is 1. The van der Waals surface area contributed by atoms with E-state index in [0.29, 0.717) is 0 Å². The second kappa shape index (κ2) is 2.49. The third-order valence-electron chi connectivity index (χ3n) is 1.16. The van der Waals surface area contributed by atoms with Crippen LogP contribution < -0.4 is 5.73 Å². The fraction of sp³-hybridized carbons (Fsp3) is 0. The molecule has 4 N–H and O–H groups in total. The number of phenolic OH excluding ortho intramolecular Hbond substituents is 1. The van der Waals surface area contributed by atoms with Crippen molar-refractivity contribution in [2.45, 2.75) is 0 Å². The lowest BCUT2D eigenvalue weighted by Crippen LogP contribution is -2.01. The number of phenols is 1. The van der Waals surface area contributed by atoms with Crippen LogP contribution in [-0.2, 0) is 0 Å². The third-order valence-corrected chi connectivity index (χ3v) is 1.16. The summed E-state index contributed by atoms with van der Waals surface area (Å²) in [6.45, 7) is 0. The zero-order valence-electron chi connectivity index (χ0n) is 7.46. The first-order valence-corrected chi connectivity index (χ1v) is 2.77. The molecule has 4 nitrogen and oxygen atoms in total. The molecule has 0 saturated heterocycles. The molecule has 0 saturated carbocycles. The maximum absolute atomic E-state index is 10.5. The van der Waals surface area contributed by atoms with Gasteiger partial charge in [0.2, 0.25) is 0 Å². The fourth-order valence-corrected chi connectivity index (χ4v) is 0.627. The maximum Gasteiger partial charge on any atom is 0.337 e. The Morgan fingerprint density at radius 1 is 1.64 bits per heavy atom. The Kier molecular flexibility index (Phi) is 1.14. The summed E-state index contributed by atoms with van der Waals surface area (Å²) in [6.07, 6.45) is 0. The van der Waals surface area contributed by atoms with Gasteiger partial charge in [-0.1, -0.05) is 6.07 Å². The molecule has 0 radical (unpaired) electrons. The van der Waals surface area contributed by atoms with Crippen LogP contribution in [0, 0.1) is 0 Å². The molecule has 58 valence electrons. The lowest BCUT2D eigenvalue weighted by atomic mass is 10.2. The van der Waals surface area contributed by atoms with Gasteiger partial charge < -0.3 is 15.9 Å². The molecule has 0 heterocycles. The number of hydrogen-bond acceptors (Lipinski definition) is 3. The van der Waals surface area contributed by atoms with Gasteiger partial charge in [-0.15, -0.1) is 0 Å². The molecule has 0 spiro atoms.